The Morgan fingerprint density at radius 3 is 2.76 bits per heavy atom. The van der Waals surface area contributed by atoms with Crippen LogP contribution in [0.15, 0.2) is 34.9 Å². The van der Waals surface area contributed by atoms with Gasteiger partial charge in [0.25, 0.3) is 0 Å². The van der Waals surface area contributed by atoms with Crippen molar-refractivity contribution in [2.45, 2.75) is 51.0 Å². The van der Waals surface area contributed by atoms with Crippen molar-refractivity contribution in [3.8, 4) is 0 Å². The summed E-state index contributed by atoms with van der Waals surface area (Å²) in [5.74, 6) is 2.07. The average molecular weight is 285 g/mol. The van der Waals surface area contributed by atoms with Crippen molar-refractivity contribution in [1.82, 2.24) is 15.5 Å². The lowest BCUT2D eigenvalue weighted by Crippen LogP contribution is -2.38. The first-order valence-corrected chi connectivity index (χ1v) is 7.90. The van der Waals surface area contributed by atoms with Crippen LogP contribution in [0.4, 0.5) is 0 Å². The van der Waals surface area contributed by atoms with Gasteiger partial charge in [0.2, 0.25) is 5.89 Å². The van der Waals surface area contributed by atoms with Crippen LogP contribution < -0.4 is 5.32 Å². The van der Waals surface area contributed by atoms with Crippen molar-refractivity contribution in [3.63, 3.8) is 0 Å². The average Bonchev–Trinajstić information content (AvgIpc) is 2.94. The monoisotopic (exact) mass is 285 g/mol. The van der Waals surface area contributed by atoms with Crippen molar-refractivity contribution >= 4 is 0 Å². The summed E-state index contributed by atoms with van der Waals surface area (Å²) in [5.41, 5.74) is 1.46. The largest absolute Gasteiger partial charge is 0.340 e. The van der Waals surface area contributed by atoms with Gasteiger partial charge in [-0.1, -0.05) is 48.3 Å². The molecule has 0 saturated heterocycles. The molecule has 0 radical (unpaired) electrons. The van der Waals surface area contributed by atoms with Crippen LogP contribution in [0.25, 0.3) is 0 Å². The van der Waals surface area contributed by atoms with Crippen molar-refractivity contribution in [2.24, 2.45) is 0 Å². The summed E-state index contributed by atoms with van der Waals surface area (Å²) in [6, 6.07) is 11.5. The molecule has 2 unspecified atom stereocenters. The number of hydrogen-bond donors (Lipinski definition) is 1. The molecular weight excluding hydrogens is 262 g/mol. The number of aryl methyl sites for hydroxylation is 1. The SMILES string of the molecule is Cc1nc(CCNC2CCCCC2c2ccccc2)no1. The lowest BCUT2D eigenvalue weighted by atomic mass is 9.80. The molecule has 1 aliphatic carbocycles. The van der Waals surface area contributed by atoms with E-state index in [9.17, 15) is 0 Å². The second-order valence-corrected chi connectivity index (χ2v) is 5.84. The molecule has 1 heterocycles. The van der Waals surface area contributed by atoms with Gasteiger partial charge in [0, 0.05) is 25.9 Å². The number of hydrogen-bond acceptors (Lipinski definition) is 4. The fourth-order valence-electron chi connectivity index (χ4n) is 3.29. The quantitative estimate of drug-likeness (QED) is 0.916. The van der Waals surface area contributed by atoms with Gasteiger partial charge in [0.1, 0.15) is 0 Å². The summed E-state index contributed by atoms with van der Waals surface area (Å²) in [5, 5.41) is 7.66. The molecule has 0 aliphatic heterocycles. The van der Waals surface area contributed by atoms with Crippen molar-refractivity contribution < 1.29 is 4.52 Å². The van der Waals surface area contributed by atoms with Crippen LogP contribution in [0.3, 0.4) is 0 Å². The highest BCUT2D eigenvalue weighted by atomic mass is 16.5. The molecule has 4 nitrogen and oxygen atoms in total. The van der Waals surface area contributed by atoms with Gasteiger partial charge in [0.15, 0.2) is 5.82 Å². The minimum Gasteiger partial charge on any atom is -0.340 e. The van der Waals surface area contributed by atoms with Crippen LogP contribution in [-0.4, -0.2) is 22.7 Å². The molecule has 2 aromatic rings. The molecule has 3 rings (SSSR count). The zero-order valence-corrected chi connectivity index (χ0v) is 12.6. The lowest BCUT2D eigenvalue weighted by molar-refractivity contribution is 0.327. The maximum Gasteiger partial charge on any atom is 0.223 e. The molecular formula is C17H23N3O. The Morgan fingerprint density at radius 1 is 1.19 bits per heavy atom. The van der Waals surface area contributed by atoms with Gasteiger partial charge < -0.3 is 9.84 Å². The van der Waals surface area contributed by atoms with E-state index in [-0.39, 0.29) is 0 Å². The van der Waals surface area contributed by atoms with Gasteiger partial charge in [0.05, 0.1) is 0 Å². The first kappa shape index (κ1) is 14.3. The third kappa shape index (κ3) is 3.70. The standard InChI is InChI=1S/C17H23N3O/c1-13-19-17(20-21-13)11-12-18-16-10-6-5-9-15(16)14-7-3-2-4-8-14/h2-4,7-8,15-16,18H,5-6,9-12H2,1H3. The normalized spacial score (nSPS) is 22.3. The van der Waals surface area contributed by atoms with E-state index in [4.69, 9.17) is 4.52 Å². The van der Waals surface area contributed by atoms with E-state index >= 15 is 0 Å². The van der Waals surface area contributed by atoms with Crippen molar-refractivity contribution in [1.29, 1.82) is 0 Å². The van der Waals surface area contributed by atoms with Crippen molar-refractivity contribution in [3.05, 3.63) is 47.6 Å². The topological polar surface area (TPSA) is 51.0 Å². The summed E-state index contributed by atoms with van der Waals surface area (Å²) in [4.78, 5) is 4.25. The lowest BCUT2D eigenvalue weighted by Gasteiger charge is -2.32. The minimum absolute atomic E-state index is 0.564. The highest BCUT2D eigenvalue weighted by Crippen LogP contribution is 2.32. The number of nitrogens with one attached hydrogen (secondary N) is 1. The van der Waals surface area contributed by atoms with E-state index in [1.165, 1.54) is 31.2 Å². The van der Waals surface area contributed by atoms with Gasteiger partial charge in [-0.05, 0) is 24.3 Å². The molecule has 112 valence electrons. The molecule has 0 spiro atoms. The highest BCUT2D eigenvalue weighted by Gasteiger charge is 2.25. The molecule has 4 heteroatoms. The van der Waals surface area contributed by atoms with Gasteiger partial charge in [-0.25, -0.2) is 0 Å². The second kappa shape index (κ2) is 6.85. The van der Waals surface area contributed by atoms with E-state index in [0.717, 1.165) is 18.8 Å². The van der Waals surface area contributed by atoms with E-state index in [0.29, 0.717) is 17.9 Å². The Morgan fingerprint density at radius 2 is 2.00 bits per heavy atom. The predicted octanol–water partition coefficient (Wildman–Crippen LogP) is 3.24. The second-order valence-electron chi connectivity index (χ2n) is 5.84. The molecule has 1 aliphatic rings. The number of rotatable bonds is 5. The van der Waals surface area contributed by atoms with Crippen LogP contribution in [0.2, 0.25) is 0 Å². The molecule has 1 saturated carbocycles. The molecule has 1 aromatic carbocycles. The molecule has 1 aromatic heterocycles. The minimum atomic E-state index is 0.564. The number of benzene rings is 1. The maximum atomic E-state index is 5.01. The molecule has 0 bridgehead atoms. The Bertz CT molecular complexity index is 552. The first-order chi connectivity index (χ1) is 10.3. The van der Waals surface area contributed by atoms with Gasteiger partial charge in [-0.15, -0.1) is 0 Å². The smallest absolute Gasteiger partial charge is 0.223 e. The third-order valence-corrected chi connectivity index (χ3v) is 4.32. The van der Waals surface area contributed by atoms with Crippen LogP contribution >= 0.6 is 0 Å². The zero-order chi connectivity index (χ0) is 14.5. The Kier molecular flexibility index (Phi) is 4.65. The van der Waals surface area contributed by atoms with Gasteiger partial charge in [-0.2, -0.15) is 4.98 Å². The summed E-state index contributed by atoms with van der Waals surface area (Å²) in [6.45, 7) is 2.74. The number of aromatic nitrogens is 2. The van der Waals surface area contributed by atoms with E-state index in [2.05, 4.69) is 45.8 Å². The van der Waals surface area contributed by atoms with Crippen LogP contribution in [0.5, 0.6) is 0 Å². The predicted molar refractivity (Wildman–Crippen MR) is 82.2 cm³/mol. The first-order valence-electron chi connectivity index (χ1n) is 7.90. The van der Waals surface area contributed by atoms with E-state index < -0.39 is 0 Å². The maximum absolute atomic E-state index is 5.01. The summed E-state index contributed by atoms with van der Waals surface area (Å²) in [6.07, 6.45) is 6.02. The molecule has 2 atom stereocenters. The highest BCUT2D eigenvalue weighted by molar-refractivity contribution is 5.22. The van der Waals surface area contributed by atoms with Gasteiger partial charge >= 0.3 is 0 Å². The Hall–Kier alpha value is -1.68. The molecule has 1 fully saturated rings. The van der Waals surface area contributed by atoms with E-state index in [1.54, 1.807) is 0 Å². The summed E-state index contributed by atoms with van der Waals surface area (Å²) >= 11 is 0. The summed E-state index contributed by atoms with van der Waals surface area (Å²) in [7, 11) is 0. The molecule has 0 amide bonds. The fraction of sp³-hybridized carbons (Fsp3) is 0.529. The summed E-state index contributed by atoms with van der Waals surface area (Å²) < 4.78 is 5.01. The van der Waals surface area contributed by atoms with E-state index in [1.807, 2.05) is 6.92 Å². The zero-order valence-electron chi connectivity index (χ0n) is 12.6. The molecule has 21 heavy (non-hydrogen) atoms. The third-order valence-electron chi connectivity index (χ3n) is 4.32. The Balaban J connectivity index is 1.57. The Labute approximate surface area is 126 Å². The van der Waals surface area contributed by atoms with Crippen molar-refractivity contribution in [2.75, 3.05) is 6.54 Å². The number of nitrogens with zero attached hydrogens (tertiary/aromatic N) is 2. The van der Waals surface area contributed by atoms with Gasteiger partial charge in [-0.3, -0.25) is 0 Å². The molecule has 1 N–H and O–H groups in total. The van der Waals surface area contributed by atoms with Crippen LogP contribution in [0, 0.1) is 6.92 Å². The van der Waals surface area contributed by atoms with Crippen LogP contribution in [0.1, 0.15) is 48.9 Å². The van der Waals surface area contributed by atoms with Crippen LogP contribution in [-0.2, 0) is 6.42 Å². The fourth-order valence-corrected chi connectivity index (χ4v) is 3.29.